The summed E-state index contributed by atoms with van der Waals surface area (Å²) in [4.78, 5) is 0. The fraction of sp³-hybridized carbons (Fsp3) is 1.00. The molecule has 0 N–H and O–H groups in total. The summed E-state index contributed by atoms with van der Waals surface area (Å²) in [6, 6.07) is 1.18. The summed E-state index contributed by atoms with van der Waals surface area (Å²) in [5.74, 6) is 0. The lowest BCUT2D eigenvalue weighted by Gasteiger charge is -1.72. The minimum Gasteiger partial charge on any atom is -0.261 e. The van der Waals surface area contributed by atoms with Gasteiger partial charge in [-0.25, -0.2) is 0 Å². The van der Waals surface area contributed by atoms with Gasteiger partial charge in [0.1, 0.15) is 0 Å². The van der Waals surface area contributed by atoms with Gasteiger partial charge >= 0.3 is 9.28 Å². The van der Waals surface area contributed by atoms with Crippen LogP contribution in [0.5, 0.6) is 0 Å². The Morgan fingerprint density at radius 1 is 1.50 bits per heavy atom. The SMILES string of the molecule is CCC[SiH]1OO1. The molecule has 0 spiro atoms. The first kappa shape index (κ1) is 4.30. The third kappa shape index (κ3) is 1.08. The van der Waals surface area contributed by atoms with Gasteiger partial charge in [0.2, 0.25) is 0 Å². The Bertz CT molecular complexity index is 44.1. The van der Waals surface area contributed by atoms with Crippen molar-refractivity contribution in [2.45, 2.75) is 19.4 Å². The summed E-state index contributed by atoms with van der Waals surface area (Å²) in [5.41, 5.74) is 0. The Morgan fingerprint density at radius 3 is 2.33 bits per heavy atom. The van der Waals surface area contributed by atoms with E-state index in [1.54, 1.807) is 0 Å². The van der Waals surface area contributed by atoms with Crippen LogP contribution in [0.15, 0.2) is 0 Å². The van der Waals surface area contributed by atoms with Crippen molar-refractivity contribution in [3.8, 4) is 0 Å². The summed E-state index contributed by atoms with van der Waals surface area (Å²) in [6.45, 7) is 2.14. The van der Waals surface area contributed by atoms with Crippen molar-refractivity contribution >= 4 is 9.28 Å². The minimum absolute atomic E-state index is 0.921. The number of hydrogen-bond acceptors (Lipinski definition) is 2. The molecule has 0 radical (unpaired) electrons. The molecule has 0 aliphatic carbocycles. The average molecular weight is 104 g/mol. The first-order valence-electron chi connectivity index (χ1n) is 2.25. The highest BCUT2D eigenvalue weighted by Crippen LogP contribution is 2.12. The molecule has 0 aromatic carbocycles. The van der Waals surface area contributed by atoms with E-state index in [-0.39, 0.29) is 0 Å². The molecule has 2 nitrogen and oxygen atoms in total. The van der Waals surface area contributed by atoms with Crippen LogP contribution in [0.2, 0.25) is 6.04 Å². The van der Waals surface area contributed by atoms with Gasteiger partial charge in [-0.05, 0) is 6.04 Å². The van der Waals surface area contributed by atoms with Gasteiger partial charge in [-0.15, -0.1) is 0 Å². The number of rotatable bonds is 2. The molecule has 6 heavy (non-hydrogen) atoms. The van der Waals surface area contributed by atoms with Gasteiger partial charge in [0.25, 0.3) is 0 Å². The third-order valence-corrected chi connectivity index (χ3v) is 2.27. The molecule has 1 fully saturated rings. The monoisotopic (exact) mass is 104 g/mol. The van der Waals surface area contributed by atoms with Crippen molar-refractivity contribution in [1.82, 2.24) is 0 Å². The van der Waals surface area contributed by atoms with Crippen LogP contribution in [-0.2, 0) is 9.15 Å². The van der Waals surface area contributed by atoms with E-state index in [9.17, 15) is 0 Å². The van der Waals surface area contributed by atoms with Crippen molar-refractivity contribution in [2.24, 2.45) is 0 Å². The van der Waals surface area contributed by atoms with E-state index in [1.165, 1.54) is 12.5 Å². The quantitative estimate of drug-likeness (QED) is 0.291. The molecule has 0 bridgehead atoms. The molecule has 1 saturated heterocycles. The molecule has 1 rings (SSSR count). The van der Waals surface area contributed by atoms with Crippen molar-refractivity contribution in [1.29, 1.82) is 0 Å². The van der Waals surface area contributed by atoms with E-state index >= 15 is 0 Å². The van der Waals surface area contributed by atoms with Gasteiger partial charge in [0, 0.05) is 0 Å². The van der Waals surface area contributed by atoms with E-state index in [4.69, 9.17) is 0 Å². The minimum atomic E-state index is -0.921. The van der Waals surface area contributed by atoms with E-state index < -0.39 is 9.28 Å². The van der Waals surface area contributed by atoms with Crippen molar-refractivity contribution < 1.29 is 9.15 Å². The highest BCUT2D eigenvalue weighted by atomic mass is 28.3. The van der Waals surface area contributed by atoms with Gasteiger partial charge in [0.15, 0.2) is 0 Å². The zero-order valence-electron chi connectivity index (χ0n) is 3.81. The average Bonchev–Trinajstić information content (AvgIpc) is 2.21. The van der Waals surface area contributed by atoms with Crippen LogP contribution in [0.1, 0.15) is 13.3 Å². The second-order valence-corrected chi connectivity index (χ2v) is 3.23. The van der Waals surface area contributed by atoms with Crippen LogP contribution >= 0.6 is 0 Å². The van der Waals surface area contributed by atoms with Crippen molar-refractivity contribution in [2.75, 3.05) is 0 Å². The molecule has 0 aromatic heterocycles. The molecule has 36 valence electrons. The lowest BCUT2D eigenvalue weighted by Crippen LogP contribution is -1.83. The topological polar surface area (TPSA) is 25.1 Å². The molecule has 3 heteroatoms. The summed E-state index contributed by atoms with van der Waals surface area (Å²) < 4.78 is 9.18. The van der Waals surface area contributed by atoms with Crippen LogP contribution in [-0.4, -0.2) is 9.28 Å². The predicted octanol–water partition coefficient (Wildman–Crippen LogP) is 0.579. The summed E-state index contributed by atoms with van der Waals surface area (Å²) in [6.07, 6.45) is 1.21. The lowest BCUT2D eigenvalue weighted by atomic mass is 10.6. The lowest BCUT2D eigenvalue weighted by molar-refractivity contribution is 0.0850. The summed E-state index contributed by atoms with van der Waals surface area (Å²) in [7, 11) is -0.921. The second kappa shape index (κ2) is 1.73. The fourth-order valence-electron chi connectivity index (χ4n) is 0.371. The predicted molar refractivity (Wildman–Crippen MR) is 24.4 cm³/mol. The maximum absolute atomic E-state index is 4.59. The normalized spacial score (nSPS) is 21.5. The first-order chi connectivity index (χ1) is 2.93. The summed E-state index contributed by atoms with van der Waals surface area (Å²) in [5, 5.41) is 0. The van der Waals surface area contributed by atoms with E-state index in [0.717, 1.165) is 0 Å². The Labute approximate surface area is 38.8 Å². The van der Waals surface area contributed by atoms with Gasteiger partial charge < -0.3 is 0 Å². The Morgan fingerprint density at radius 2 is 2.17 bits per heavy atom. The van der Waals surface area contributed by atoms with Gasteiger partial charge in [-0.2, -0.15) is 0 Å². The van der Waals surface area contributed by atoms with E-state index in [0.29, 0.717) is 0 Å². The maximum atomic E-state index is 4.59. The molecular weight excluding hydrogens is 96.1 g/mol. The van der Waals surface area contributed by atoms with Crippen LogP contribution in [0.3, 0.4) is 0 Å². The smallest absolute Gasteiger partial charge is 0.261 e. The molecule has 0 unspecified atom stereocenters. The van der Waals surface area contributed by atoms with Crippen LogP contribution in [0.4, 0.5) is 0 Å². The second-order valence-electron chi connectivity index (χ2n) is 1.41. The standard InChI is InChI=1S/C3H8O2Si/c1-2-3-6-4-5-6/h6H,2-3H2,1H3. The molecule has 1 heterocycles. The van der Waals surface area contributed by atoms with Crippen LogP contribution in [0.25, 0.3) is 0 Å². The van der Waals surface area contributed by atoms with E-state index in [2.05, 4.69) is 16.1 Å². The highest BCUT2D eigenvalue weighted by molar-refractivity contribution is 6.49. The fourth-order valence-corrected chi connectivity index (χ4v) is 1.35. The molecule has 0 aromatic rings. The number of hydrogen-bond donors (Lipinski definition) is 0. The van der Waals surface area contributed by atoms with E-state index in [1.807, 2.05) is 0 Å². The zero-order chi connectivity index (χ0) is 4.41. The molecule has 0 saturated carbocycles. The zero-order valence-corrected chi connectivity index (χ0v) is 4.96. The molecule has 0 amide bonds. The summed E-state index contributed by atoms with van der Waals surface area (Å²) >= 11 is 0. The van der Waals surface area contributed by atoms with Crippen molar-refractivity contribution in [3.05, 3.63) is 0 Å². The first-order valence-corrected chi connectivity index (χ1v) is 4.01. The molecule has 1 aliphatic heterocycles. The molecular formula is C3H8O2Si. The van der Waals surface area contributed by atoms with Gasteiger partial charge in [-0.3, -0.25) is 9.15 Å². The Kier molecular flexibility index (Phi) is 1.24. The van der Waals surface area contributed by atoms with Gasteiger partial charge in [-0.1, -0.05) is 13.3 Å². The van der Waals surface area contributed by atoms with Crippen LogP contribution in [0, 0.1) is 0 Å². The van der Waals surface area contributed by atoms with Gasteiger partial charge in [0.05, 0.1) is 0 Å². The largest absolute Gasteiger partial charge is 0.393 e. The Hall–Kier alpha value is 0.137. The Balaban J connectivity index is 1.88. The maximum Gasteiger partial charge on any atom is 0.393 e. The van der Waals surface area contributed by atoms with Crippen molar-refractivity contribution in [3.63, 3.8) is 0 Å². The van der Waals surface area contributed by atoms with Crippen LogP contribution < -0.4 is 0 Å². The third-order valence-electron chi connectivity index (χ3n) is 0.757. The highest BCUT2D eigenvalue weighted by Gasteiger charge is 2.27. The molecule has 0 atom stereocenters. The molecule has 1 aliphatic rings.